The zero-order chi connectivity index (χ0) is 18.7. The van der Waals surface area contributed by atoms with E-state index >= 15 is 0 Å². The standard InChI is InChI=1S/C19H23N3O4/c1-3-26-19(24)18-17-14(20)5-4-6-15(17)22(21-18)13-9-7-12(8-10-13)11-16(23)25-2/h7-10,14H,3-6,11,20H2,1-2H3. The zero-order valence-electron chi connectivity index (χ0n) is 15.0. The van der Waals surface area contributed by atoms with Crippen LogP contribution in [-0.4, -0.2) is 35.4 Å². The van der Waals surface area contributed by atoms with Crippen LogP contribution >= 0.6 is 0 Å². The average molecular weight is 357 g/mol. The van der Waals surface area contributed by atoms with Gasteiger partial charge in [0.05, 0.1) is 25.8 Å². The van der Waals surface area contributed by atoms with Gasteiger partial charge in [0, 0.05) is 17.3 Å². The Morgan fingerprint density at radius 2 is 2.04 bits per heavy atom. The van der Waals surface area contributed by atoms with Crippen molar-refractivity contribution in [3.8, 4) is 5.69 Å². The van der Waals surface area contributed by atoms with Crippen LogP contribution in [0, 0.1) is 0 Å². The van der Waals surface area contributed by atoms with Gasteiger partial charge in [0.1, 0.15) is 0 Å². The summed E-state index contributed by atoms with van der Waals surface area (Å²) in [7, 11) is 1.37. The Morgan fingerprint density at radius 3 is 2.69 bits per heavy atom. The first-order valence-electron chi connectivity index (χ1n) is 8.75. The monoisotopic (exact) mass is 357 g/mol. The van der Waals surface area contributed by atoms with Crippen LogP contribution in [0.3, 0.4) is 0 Å². The SMILES string of the molecule is CCOC(=O)c1nn(-c2ccc(CC(=O)OC)cc2)c2c1C(N)CCC2. The van der Waals surface area contributed by atoms with E-state index in [1.165, 1.54) is 7.11 Å². The molecular weight excluding hydrogens is 334 g/mol. The van der Waals surface area contributed by atoms with Crippen LogP contribution in [0.5, 0.6) is 0 Å². The van der Waals surface area contributed by atoms with Gasteiger partial charge in [-0.3, -0.25) is 4.79 Å². The fourth-order valence-corrected chi connectivity index (χ4v) is 3.29. The third-order valence-corrected chi connectivity index (χ3v) is 4.55. The molecule has 0 fully saturated rings. The Labute approximate surface area is 152 Å². The normalized spacial score (nSPS) is 16.0. The summed E-state index contributed by atoms with van der Waals surface area (Å²) in [5, 5.41) is 4.51. The molecule has 2 aromatic rings. The van der Waals surface area contributed by atoms with Gasteiger partial charge in [0.2, 0.25) is 0 Å². The second-order valence-corrected chi connectivity index (χ2v) is 6.26. The van der Waals surface area contributed by atoms with Gasteiger partial charge in [0.15, 0.2) is 5.69 Å². The lowest BCUT2D eigenvalue weighted by Gasteiger charge is -2.20. The van der Waals surface area contributed by atoms with E-state index in [9.17, 15) is 9.59 Å². The molecule has 1 aromatic carbocycles. The number of carbonyl (C=O) groups excluding carboxylic acids is 2. The molecule has 0 radical (unpaired) electrons. The van der Waals surface area contributed by atoms with E-state index in [4.69, 9.17) is 10.5 Å². The molecule has 138 valence electrons. The summed E-state index contributed by atoms with van der Waals surface area (Å²) in [4.78, 5) is 23.7. The quantitative estimate of drug-likeness (QED) is 0.823. The van der Waals surface area contributed by atoms with Crippen molar-refractivity contribution in [1.29, 1.82) is 0 Å². The largest absolute Gasteiger partial charge is 0.469 e. The Morgan fingerprint density at radius 1 is 1.31 bits per heavy atom. The molecule has 0 bridgehead atoms. The first-order chi connectivity index (χ1) is 12.5. The molecule has 3 rings (SSSR count). The predicted molar refractivity (Wildman–Crippen MR) is 95.1 cm³/mol. The molecule has 1 atom stereocenters. The van der Waals surface area contributed by atoms with Gasteiger partial charge in [-0.05, 0) is 43.9 Å². The fourth-order valence-electron chi connectivity index (χ4n) is 3.29. The molecule has 0 saturated carbocycles. The topological polar surface area (TPSA) is 96.4 Å². The van der Waals surface area contributed by atoms with Gasteiger partial charge in [-0.25, -0.2) is 9.48 Å². The van der Waals surface area contributed by atoms with E-state index in [0.29, 0.717) is 5.69 Å². The van der Waals surface area contributed by atoms with E-state index in [1.54, 1.807) is 11.6 Å². The number of ether oxygens (including phenoxy) is 2. The highest BCUT2D eigenvalue weighted by atomic mass is 16.5. The lowest BCUT2D eigenvalue weighted by atomic mass is 9.91. The van der Waals surface area contributed by atoms with Crippen LogP contribution in [0.1, 0.15) is 53.1 Å². The van der Waals surface area contributed by atoms with Crippen LogP contribution in [-0.2, 0) is 27.1 Å². The van der Waals surface area contributed by atoms with E-state index in [0.717, 1.165) is 41.8 Å². The molecule has 1 aromatic heterocycles. The first kappa shape index (κ1) is 18.1. The van der Waals surface area contributed by atoms with Gasteiger partial charge >= 0.3 is 11.9 Å². The average Bonchev–Trinajstić information content (AvgIpc) is 3.03. The van der Waals surface area contributed by atoms with E-state index in [-0.39, 0.29) is 25.0 Å². The zero-order valence-corrected chi connectivity index (χ0v) is 15.0. The molecule has 7 nitrogen and oxygen atoms in total. The van der Waals surface area contributed by atoms with Crippen LogP contribution in [0.2, 0.25) is 0 Å². The maximum Gasteiger partial charge on any atom is 0.359 e. The molecular formula is C19H23N3O4. The van der Waals surface area contributed by atoms with Crippen molar-refractivity contribution in [3.63, 3.8) is 0 Å². The van der Waals surface area contributed by atoms with Crippen LogP contribution < -0.4 is 5.73 Å². The van der Waals surface area contributed by atoms with Crippen molar-refractivity contribution in [3.05, 3.63) is 46.8 Å². The molecule has 0 spiro atoms. The van der Waals surface area contributed by atoms with Crippen LogP contribution in [0.25, 0.3) is 5.69 Å². The molecule has 1 heterocycles. The summed E-state index contributed by atoms with van der Waals surface area (Å²) >= 11 is 0. The molecule has 7 heteroatoms. The lowest BCUT2D eigenvalue weighted by Crippen LogP contribution is -2.20. The summed E-state index contributed by atoms with van der Waals surface area (Å²) in [5.41, 5.74) is 9.96. The number of aromatic nitrogens is 2. The minimum atomic E-state index is -0.442. The van der Waals surface area contributed by atoms with E-state index in [2.05, 4.69) is 9.84 Å². The van der Waals surface area contributed by atoms with E-state index < -0.39 is 5.97 Å². The second-order valence-electron chi connectivity index (χ2n) is 6.26. The number of fused-ring (bicyclic) bond motifs is 1. The van der Waals surface area contributed by atoms with Crippen molar-refractivity contribution in [2.45, 2.75) is 38.6 Å². The first-order valence-corrected chi connectivity index (χ1v) is 8.75. The van der Waals surface area contributed by atoms with Crippen molar-refractivity contribution in [1.82, 2.24) is 9.78 Å². The maximum absolute atomic E-state index is 12.3. The number of nitrogens with zero attached hydrogens (tertiary/aromatic N) is 2. The molecule has 1 unspecified atom stereocenters. The molecule has 26 heavy (non-hydrogen) atoms. The summed E-state index contributed by atoms with van der Waals surface area (Å²) in [6.07, 6.45) is 2.79. The number of carbonyl (C=O) groups is 2. The minimum absolute atomic E-state index is 0.215. The number of esters is 2. The number of benzene rings is 1. The Hall–Kier alpha value is -2.67. The molecule has 2 N–H and O–H groups in total. The Bertz CT molecular complexity index is 811. The van der Waals surface area contributed by atoms with Gasteiger partial charge in [0.25, 0.3) is 0 Å². The Balaban J connectivity index is 1.98. The summed E-state index contributed by atoms with van der Waals surface area (Å²) in [5.74, 6) is -0.730. The lowest BCUT2D eigenvalue weighted by molar-refractivity contribution is -0.139. The van der Waals surface area contributed by atoms with Gasteiger partial charge in [-0.15, -0.1) is 0 Å². The number of nitrogens with two attached hydrogens (primary N) is 1. The highest BCUT2D eigenvalue weighted by Crippen LogP contribution is 2.32. The smallest absolute Gasteiger partial charge is 0.359 e. The van der Waals surface area contributed by atoms with Crippen molar-refractivity contribution < 1.29 is 19.1 Å². The molecule has 0 aliphatic heterocycles. The summed E-state index contributed by atoms with van der Waals surface area (Å²) in [6.45, 7) is 2.05. The predicted octanol–water partition coefficient (Wildman–Crippen LogP) is 2.10. The third-order valence-electron chi connectivity index (χ3n) is 4.55. The summed E-state index contributed by atoms with van der Waals surface area (Å²) in [6, 6.07) is 7.24. The molecule has 0 amide bonds. The highest BCUT2D eigenvalue weighted by Gasteiger charge is 2.30. The number of hydrogen-bond donors (Lipinski definition) is 1. The van der Waals surface area contributed by atoms with Crippen LogP contribution in [0.15, 0.2) is 24.3 Å². The van der Waals surface area contributed by atoms with Crippen LogP contribution in [0.4, 0.5) is 0 Å². The molecule has 0 saturated heterocycles. The number of methoxy groups -OCH3 is 1. The van der Waals surface area contributed by atoms with Gasteiger partial charge in [-0.1, -0.05) is 12.1 Å². The Kier molecular flexibility index (Phi) is 5.37. The van der Waals surface area contributed by atoms with E-state index in [1.807, 2.05) is 24.3 Å². The van der Waals surface area contributed by atoms with Crippen molar-refractivity contribution in [2.75, 3.05) is 13.7 Å². The summed E-state index contributed by atoms with van der Waals surface area (Å²) < 4.78 is 11.6. The second kappa shape index (κ2) is 7.70. The molecule has 1 aliphatic carbocycles. The maximum atomic E-state index is 12.3. The highest BCUT2D eigenvalue weighted by molar-refractivity contribution is 5.89. The van der Waals surface area contributed by atoms with Gasteiger partial charge < -0.3 is 15.2 Å². The fraction of sp³-hybridized carbons (Fsp3) is 0.421. The molecule has 1 aliphatic rings. The third kappa shape index (κ3) is 3.48. The minimum Gasteiger partial charge on any atom is -0.469 e. The van der Waals surface area contributed by atoms with Crippen molar-refractivity contribution >= 4 is 11.9 Å². The van der Waals surface area contributed by atoms with Crippen molar-refractivity contribution in [2.24, 2.45) is 5.73 Å². The number of rotatable bonds is 5. The number of hydrogen-bond acceptors (Lipinski definition) is 6. The van der Waals surface area contributed by atoms with Gasteiger partial charge in [-0.2, -0.15) is 5.10 Å².